The monoisotopic (exact) mass is 268 g/mol. The predicted molar refractivity (Wildman–Crippen MR) is 69.4 cm³/mol. The van der Waals surface area contributed by atoms with Gasteiger partial charge in [-0.2, -0.15) is 0 Å². The van der Waals surface area contributed by atoms with Crippen LogP contribution in [-0.2, 0) is 4.79 Å². The number of benzene rings is 1. The lowest BCUT2D eigenvalue weighted by atomic mass is 9.86. The zero-order valence-corrected chi connectivity index (χ0v) is 10.9. The maximum atomic E-state index is 13.2. The molecule has 0 heterocycles. The lowest BCUT2D eigenvalue weighted by molar-refractivity contribution is -0.124. The van der Waals surface area contributed by atoms with E-state index in [-0.39, 0.29) is 18.1 Å². The molecule has 0 saturated carbocycles. The van der Waals surface area contributed by atoms with Gasteiger partial charge < -0.3 is 16.2 Å². The Bertz CT molecular complexity index is 499. The van der Waals surface area contributed by atoms with E-state index in [1.807, 2.05) is 6.92 Å². The minimum absolute atomic E-state index is 0.169. The number of carboxylic acids is 1. The summed E-state index contributed by atoms with van der Waals surface area (Å²) in [6.45, 7) is 3.71. The molecule has 104 valence electrons. The van der Waals surface area contributed by atoms with Gasteiger partial charge in [0.2, 0.25) is 5.91 Å². The number of carbonyl (C=O) groups excluding carboxylic acids is 1. The third kappa shape index (κ3) is 3.29. The zero-order chi connectivity index (χ0) is 14.6. The van der Waals surface area contributed by atoms with Crippen molar-refractivity contribution in [3.8, 4) is 0 Å². The van der Waals surface area contributed by atoms with Crippen LogP contribution in [0, 0.1) is 11.2 Å². The van der Waals surface area contributed by atoms with E-state index in [1.165, 1.54) is 6.07 Å². The van der Waals surface area contributed by atoms with Crippen molar-refractivity contribution >= 4 is 17.6 Å². The van der Waals surface area contributed by atoms with Crippen molar-refractivity contribution in [3.05, 3.63) is 29.6 Å². The molecule has 0 aliphatic carbocycles. The van der Waals surface area contributed by atoms with Crippen molar-refractivity contribution in [2.45, 2.75) is 20.3 Å². The molecule has 0 saturated heterocycles. The summed E-state index contributed by atoms with van der Waals surface area (Å²) in [7, 11) is 0. The van der Waals surface area contributed by atoms with Crippen LogP contribution < -0.4 is 11.1 Å². The molecule has 0 aromatic heterocycles. The van der Waals surface area contributed by atoms with Crippen LogP contribution in [0.4, 0.5) is 10.1 Å². The van der Waals surface area contributed by atoms with E-state index in [0.29, 0.717) is 6.42 Å². The summed E-state index contributed by atoms with van der Waals surface area (Å²) in [5.74, 6) is -2.55. The average Bonchev–Trinajstić information content (AvgIpc) is 2.39. The second-order valence-electron chi connectivity index (χ2n) is 4.57. The summed E-state index contributed by atoms with van der Waals surface area (Å²) in [5, 5.41) is 11.4. The largest absolute Gasteiger partial charge is 0.478 e. The van der Waals surface area contributed by atoms with Crippen LogP contribution in [0.25, 0.3) is 0 Å². The molecule has 0 spiro atoms. The Morgan fingerprint density at radius 3 is 2.58 bits per heavy atom. The van der Waals surface area contributed by atoms with E-state index in [0.717, 1.165) is 12.1 Å². The molecule has 1 aromatic rings. The molecular formula is C13H17FN2O3. The summed E-state index contributed by atoms with van der Waals surface area (Å²) in [6.07, 6.45) is 0.544. The molecule has 6 heteroatoms. The Labute approximate surface area is 110 Å². The van der Waals surface area contributed by atoms with E-state index >= 15 is 0 Å². The van der Waals surface area contributed by atoms with Crippen molar-refractivity contribution < 1.29 is 19.1 Å². The standard InChI is InChI=1S/C13H17FN2O3/c1-3-13(2,7-15)12(19)16-8-4-5-10(14)9(6-8)11(17)18/h4-6H,3,7,15H2,1-2H3,(H,16,19)(H,17,18). The number of hydrogen-bond donors (Lipinski definition) is 3. The minimum atomic E-state index is -1.38. The maximum absolute atomic E-state index is 13.2. The van der Waals surface area contributed by atoms with Gasteiger partial charge in [0.1, 0.15) is 5.82 Å². The van der Waals surface area contributed by atoms with Crippen LogP contribution in [0.2, 0.25) is 0 Å². The molecule has 0 bridgehead atoms. The molecule has 1 rings (SSSR count). The second-order valence-corrected chi connectivity index (χ2v) is 4.57. The van der Waals surface area contributed by atoms with Gasteiger partial charge in [-0.25, -0.2) is 9.18 Å². The van der Waals surface area contributed by atoms with Gasteiger partial charge in [-0.1, -0.05) is 6.92 Å². The molecule has 0 fully saturated rings. The molecule has 1 atom stereocenters. The lowest BCUT2D eigenvalue weighted by Gasteiger charge is -2.25. The summed E-state index contributed by atoms with van der Waals surface area (Å²) in [5.41, 5.74) is 4.57. The van der Waals surface area contributed by atoms with E-state index in [4.69, 9.17) is 10.8 Å². The fourth-order valence-corrected chi connectivity index (χ4v) is 1.45. The lowest BCUT2D eigenvalue weighted by Crippen LogP contribution is -2.39. The average molecular weight is 268 g/mol. The van der Waals surface area contributed by atoms with Gasteiger partial charge in [-0.15, -0.1) is 0 Å². The Hall–Kier alpha value is -1.95. The molecule has 1 amide bonds. The predicted octanol–water partition coefficient (Wildman–Crippen LogP) is 1.84. The van der Waals surface area contributed by atoms with E-state index in [2.05, 4.69) is 5.32 Å². The molecular weight excluding hydrogens is 251 g/mol. The van der Waals surface area contributed by atoms with Crippen LogP contribution in [0.3, 0.4) is 0 Å². The fraction of sp³-hybridized carbons (Fsp3) is 0.385. The number of nitrogens with two attached hydrogens (primary N) is 1. The number of halogens is 1. The second kappa shape index (κ2) is 5.79. The maximum Gasteiger partial charge on any atom is 0.338 e. The van der Waals surface area contributed by atoms with Crippen LogP contribution in [-0.4, -0.2) is 23.5 Å². The third-order valence-corrected chi connectivity index (χ3v) is 3.23. The van der Waals surface area contributed by atoms with Gasteiger partial charge in [-0.3, -0.25) is 4.79 Å². The van der Waals surface area contributed by atoms with Gasteiger partial charge in [0, 0.05) is 12.2 Å². The number of carboxylic acid groups (broad SMARTS) is 1. The van der Waals surface area contributed by atoms with Crippen LogP contribution in [0.5, 0.6) is 0 Å². The van der Waals surface area contributed by atoms with Crippen molar-refractivity contribution in [3.63, 3.8) is 0 Å². The SMILES string of the molecule is CCC(C)(CN)C(=O)Nc1ccc(F)c(C(=O)O)c1. The highest BCUT2D eigenvalue weighted by atomic mass is 19.1. The molecule has 4 N–H and O–H groups in total. The topological polar surface area (TPSA) is 92.4 Å². The van der Waals surface area contributed by atoms with Crippen molar-refractivity contribution in [1.29, 1.82) is 0 Å². The highest BCUT2D eigenvalue weighted by Crippen LogP contribution is 2.23. The first-order chi connectivity index (χ1) is 8.84. The Morgan fingerprint density at radius 2 is 2.11 bits per heavy atom. The Morgan fingerprint density at radius 1 is 1.47 bits per heavy atom. The Balaban J connectivity index is 2.98. The van der Waals surface area contributed by atoms with Crippen LogP contribution in [0.1, 0.15) is 30.6 Å². The summed E-state index contributed by atoms with van der Waals surface area (Å²) in [4.78, 5) is 22.8. The van der Waals surface area contributed by atoms with Gasteiger partial charge in [0.25, 0.3) is 0 Å². The Kier molecular flexibility index (Phi) is 4.61. The van der Waals surface area contributed by atoms with Crippen LogP contribution >= 0.6 is 0 Å². The first-order valence-corrected chi connectivity index (χ1v) is 5.88. The molecule has 19 heavy (non-hydrogen) atoms. The number of amides is 1. The fourth-order valence-electron chi connectivity index (χ4n) is 1.45. The zero-order valence-electron chi connectivity index (χ0n) is 10.9. The van der Waals surface area contributed by atoms with Gasteiger partial charge >= 0.3 is 5.97 Å². The highest BCUT2D eigenvalue weighted by Gasteiger charge is 2.29. The number of hydrogen-bond acceptors (Lipinski definition) is 3. The number of nitrogens with one attached hydrogen (secondary N) is 1. The van der Waals surface area contributed by atoms with E-state index < -0.39 is 22.8 Å². The number of anilines is 1. The molecule has 0 aliphatic rings. The summed E-state index contributed by atoms with van der Waals surface area (Å²) in [6, 6.07) is 3.40. The molecule has 5 nitrogen and oxygen atoms in total. The van der Waals surface area contributed by atoms with Crippen molar-refractivity contribution in [1.82, 2.24) is 0 Å². The first-order valence-electron chi connectivity index (χ1n) is 5.88. The molecule has 0 radical (unpaired) electrons. The van der Waals surface area contributed by atoms with Crippen LogP contribution in [0.15, 0.2) is 18.2 Å². The number of rotatable bonds is 5. The minimum Gasteiger partial charge on any atom is -0.478 e. The molecule has 0 aliphatic heterocycles. The number of aromatic carboxylic acids is 1. The van der Waals surface area contributed by atoms with Gasteiger partial charge in [0.05, 0.1) is 11.0 Å². The number of carbonyl (C=O) groups is 2. The van der Waals surface area contributed by atoms with E-state index in [1.54, 1.807) is 6.92 Å². The van der Waals surface area contributed by atoms with Gasteiger partial charge in [0.15, 0.2) is 0 Å². The smallest absolute Gasteiger partial charge is 0.338 e. The molecule has 1 unspecified atom stereocenters. The van der Waals surface area contributed by atoms with Crippen molar-refractivity contribution in [2.24, 2.45) is 11.1 Å². The first kappa shape index (κ1) is 15.1. The van der Waals surface area contributed by atoms with Crippen molar-refractivity contribution in [2.75, 3.05) is 11.9 Å². The summed E-state index contributed by atoms with van der Waals surface area (Å²) < 4.78 is 13.2. The normalized spacial score (nSPS) is 13.7. The quantitative estimate of drug-likeness (QED) is 0.759. The van der Waals surface area contributed by atoms with E-state index in [9.17, 15) is 14.0 Å². The molecule has 1 aromatic carbocycles. The highest BCUT2D eigenvalue weighted by molar-refractivity contribution is 5.97. The van der Waals surface area contributed by atoms with Gasteiger partial charge in [-0.05, 0) is 31.5 Å². The summed E-state index contributed by atoms with van der Waals surface area (Å²) >= 11 is 0. The third-order valence-electron chi connectivity index (χ3n) is 3.23.